The van der Waals surface area contributed by atoms with Gasteiger partial charge in [-0.05, 0) is 0 Å². The van der Waals surface area contributed by atoms with Gasteiger partial charge in [0.2, 0.25) is 0 Å². The number of aliphatic hydroxyl groups is 2. The number of carboxylic acids is 2. The number of carbonyl (C=O) groups is 2. The predicted octanol–water partition coefficient (Wildman–Crippen LogP) is -2.53. The van der Waals surface area contributed by atoms with Crippen LogP contribution in [0, 0.1) is 10.1 Å². The monoisotopic (exact) mass is 506 g/mol. The van der Waals surface area contributed by atoms with Crippen molar-refractivity contribution in [2.75, 3.05) is 0 Å². The van der Waals surface area contributed by atoms with Crippen LogP contribution in [0.2, 0.25) is 0 Å². The number of aliphatic hydroxyl groups excluding tert-OH is 2. The molecule has 0 spiro atoms. The van der Waals surface area contributed by atoms with Crippen LogP contribution < -0.4 is 3.51 Å². The van der Waals surface area contributed by atoms with Crippen molar-refractivity contribution >= 4 is 92.2 Å². The molecule has 4 N–H and O–H groups in total. The molecule has 1 aliphatic rings. The average molecular weight is 507 g/mol. The third kappa shape index (κ3) is 4.92. The van der Waals surface area contributed by atoms with Gasteiger partial charge in [-0.2, -0.15) is 0 Å². The van der Waals surface area contributed by atoms with Crippen molar-refractivity contribution in [2.24, 2.45) is 0 Å². The number of nitro benzene ring substituents is 1. The second-order valence-electron chi connectivity index (χ2n) is 4.98. The second kappa shape index (κ2) is 9.23. The van der Waals surface area contributed by atoms with Gasteiger partial charge >= 0.3 is 144 Å². The van der Waals surface area contributed by atoms with E-state index in [0.29, 0.717) is 0 Å². The van der Waals surface area contributed by atoms with E-state index >= 15 is 0 Å². The van der Waals surface area contributed by atoms with Crippen molar-refractivity contribution in [1.29, 1.82) is 0 Å². The van der Waals surface area contributed by atoms with Gasteiger partial charge in [0, 0.05) is 51.4 Å². The van der Waals surface area contributed by atoms with E-state index in [1.54, 1.807) is 0 Å². The van der Waals surface area contributed by atoms with E-state index in [1.807, 2.05) is 0 Å². The Morgan fingerprint density at radius 1 is 1.15 bits per heavy atom. The van der Waals surface area contributed by atoms with Crippen LogP contribution in [0.25, 0.3) is 0 Å². The van der Waals surface area contributed by atoms with Crippen LogP contribution >= 0.6 is 0 Å². The van der Waals surface area contributed by atoms with Gasteiger partial charge in [-0.1, -0.05) is 0 Å². The molecule has 0 amide bonds. The molecule has 1 radical (unpaired) electrons. The third-order valence-corrected chi connectivity index (χ3v) is 8.93. The Morgan fingerprint density at radius 3 is 2.12 bits per heavy atom. The summed E-state index contributed by atoms with van der Waals surface area (Å²) in [4.78, 5) is 31.9. The summed E-state index contributed by atoms with van der Waals surface area (Å²) in [5, 5.41) is 47.6. The molecule has 1 fully saturated rings. The topological polar surface area (TPSA) is 194 Å². The number of benzene rings is 1. The van der Waals surface area contributed by atoms with E-state index in [4.69, 9.17) is 16.2 Å². The van der Waals surface area contributed by atoms with Gasteiger partial charge in [0.1, 0.15) is 0 Å². The number of non-ortho nitro benzene ring substituents is 1. The zero-order chi connectivity index (χ0) is 18.9. The molecule has 0 aromatic heterocycles. The van der Waals surface area contributed by atoms with Crippen LogP contribution in [0.5, 0.6) is 0 Å². The smallest absolute Gasteiger partial charge is 0 e. The first-order chi connectivity index (χ1) is 11.6. The molecule has 5 atom stereocenters. The van der Waals surface area contributed by atoms with Gasteiger partial charge in [0.15, 0.2) is 0 Å². The van der Waals surface area contributed by atoms with Gasteiger partial charge in [0.05, 0.1) is 0 Å². The molecule has 26 heavy (non-hydrogen) atoms. The fourth-order valence-corrected chi connectivity index (χ4v) is 7.42. The van der Waals surface area contributed by atoms with Crippen LogP contribution in [0.15, 0.2) is 24.3 Å². The first-order valence-corrected chi connectivity index (χ1v) is 11.0. The minimum absolute atomic E-state index is 0. The van der Waals surface area contributed by atoms with Crippen molar-refractivity contribution < 1.29 is 44.0 Å². The summed E-state index contributed by atoms with van der Waals surface area (Å²) in [7, 11) is 0. The summed E-state index contributed by atoms with van der Waals surface area (Å²) in [6.07, 6.45) is -8.49. The van der Waals surface area contributed by atoms with Crippen LogP contribution in [0.3, 0.4) is 0 Å². The van der Waals surface area contributed by atoms with Crippen LogP contribution in [0.4, 0.5) is 5.69 Å². The summed E-state index contributed by atoms with van der Waals surface area (Å²) in [5.74, 6) is -3.52. The Kier molecular flexibility index (Phi) is 8.41. The Balaban J connectivity index is 0.00000338. The van der Waals surface area contributed by atoms with E-state index in [9.17, 15) is 32.9 Å². The molecule has 0 saturated carbocycles. The summed E-state index contributed by atoms with van der Waals surface area (Å²) in [5.41, 5.74) is -0.317. The molecule has 2 rings (SSSR count). The first kappa shape index (κ1) is 23.7. The molecule has 137 valence electrons. The number of nitrogens with zero attached hydrogens (tertiary/aromatic N) is 1. The second-order valence-corrected chi connectivity index (χ2v) is 10.5. The maximum absolute atomic E-state index is 12.8. The van der Waals surface area contributed by atoms with Crippen molar-refractivity contribution in [3.8, 4) is 0 Å². The fourth-order valence-electron chi connectivity index (χ4n) is 2.08. The summed E-state index contributed by atoms with van der Waals surface area (Å²) >= 11 is -5.42. The number of carboxylic acid groups (broad SMARTS) is 2. The van der Waals surface area contributed by atoms with E-state index in [-0.39, 0.29) is 60.6 Å². The SMILES string of the molecule is O=C(O)C(O)C(O)C1[O][Sb](=[O])([c]2ccc([N+](=O)[O-])cc2)[O]C1C(=O)O.[K]. The van der Waals surface area contributed by atoms with E-state index in [0.717, 1.165) is 24.3 Å². The number of rotatable bonds is 6. The molecule has 1 heterocycles. The number of hydrogen-bond donors (Lipinski definition) is 4. The number of hydrogen-bond acceptors (Lipinski definition) is 9. The molecule has 0 aliphatic carbocycles. The minimum Gasteiger partial charge on any atom is 0 e. The molecular weight excluding hydrogens is 495 g/mol. The summed E-state index contributed by atoms with van der Waals surface area (Å²) in [6.45, 7) is 0. The maximum Gasteiger partial charge on any atom is 0 e. The zero-order valence-corrected chi connectivity index (χ0v) is 18.8. The largest absolute Gasteiger partial charge is 0 e. The Labute approximate surface area is 192 Å². The van der Waals surface area contributed by atoms with Crippen molar-refractivity contribution in [1.82, 2.24) is 0 Å². The molecular formula is C12H12KNO11Sb. The zero-order valence-electron chi connectivity index (χ0n) is 13.2. The van der Waals surface area contributed by atoms with Crippen molar-refractivity contribution in [3.63, 3.8) is 0 Å². The Morgan fingerprint density at radius 2 is 1.69 bits per heavy atom. The van der Waals surface area contributed by atoms with Gasteiger partial charge in [0.25, 0.3) is 0 Å². The number of nitro groups is 1. The van der Waals surface area contributed by atoms with Crippen LogP contribution in [-0.4, -0.2) is 133 Å². The molecule has 12 nitrogen and oxygen atoms in total. The van der Waals surface area contributed by atoms with E-state index < -0.39 is 60.9 Å². The molecule has 1 saturated heterocycles. The fraction of sp³-hybridized carbons (Fsp3) is 0.333. The molecule has 5 unspecified atom stereocenters. The summed E-state index contributed by atoms with van der Waals surface area (Å²) < 4.78 is 22.6. The van der Waals surface area contributed by atoms with E-state index in [1.165, 1.54) is 0 Å². The average Bonchev–Trinajstić information content (AvgIpc) is 2.93. The molecule has 1 aliphatic heterocycles. The normalized spacial score (nSPS) is 27.2. The van der Waals surface area contributed by atoms with Gasteiger partial charge in [-0.25, -0.2) is 0 Å². The van der Waals surface area contributed by atoms with Gasteiger partial charge in [-0.3, -0.25) is 0 Å². The molecule has 1 aromatic rings. The van der Waals surface area contributed by atoms with Gasteiger partial charge in [-0.15, -0.1) is 0 Å². The van der Waals surface area contributed by atoms with E-state index in [2.05, 4.69) is 0 Å². The Hall–Kier alpha value is -0.345. The number of aliphatic carboxylic acids is 2. The Bertz CT molecular complexity index is 754. The maximum atomic E-state index is 12.8. The molecule has 1 aromatic carbocycles. The first-order valence-electron chi connectivity index (χ1n) is 6.60. The predicted molar refractivity (Wildman–Crippen MR) is 82.0 cm³/mol. The molecule has 0 bridgehead atoms. The quantitative estimate of drug-likeness (QED) is 0.180. The minimum atomic E-state index is -5.42. The summed E-state index contributed by atoms with van der Waals surface area (Å²) in [6, 6.07) is 4.11. The van der Waals surface area contributed by atoms with Crippen molar-refractivity contribution in [2.45, 2.75) is 24.4 Å². The van der Waals surface area contributed by atoms with Crippen LogP contribution in [0.1, 0.15) is 0 Å². The standard InChI is InChI=1S/C6H4NO2.C6H8O8.K.O.Sb/c8-7(9)6-4-2-1-3-5-6;7-1(3(9)5(11)12)2(8)4(10)6(13)14;;;/h2-5H;1-4,7,9H,(H,11,12)(H,13,14);;;/q;-2;;;+2. The van der Waals surface area contributed by atoms with Crippen molar-refractivity contribution in [3.05, 3.63) is 34.4 Å². The van der Waals surface area contributed by atoms with Gasteiger partial charge < -0.3 is 0 Å². The molecule has 14 heteroatoms. The van der Waals surface area contributed by atoms with Crippen LogP contribution in [-0.2, 0) is 18.6 Å². The third-order valence-electron chi connectivity index (χ3n) is 3.34.